The van der Waals surface area contributed by atoms with Gasteiger partial charge in [-0.1, -0.05) is 5.21 Å². The van der Waals surface area contributed by atoms with Crippen molar-refractivity contribution in [1.29, 1.82) is 0 Å². The maximum absolute atomic E-state index is 14.6. The molecular weight excluding hydrogens is 352 g/mol. The Morgan fingerprint density at radius 3 is 2.41 bits per heavy atom. The van der Waals surface area contributed by atoms with Crippen LogP contribution in [0.3, 0.4) is 0 Å². The number of rotatable bonds is 5. The van der Waals surface area contributed by atoms with Gasteiger partial charge in [0.25, 0.3) is 0 Å². The van der Waals surface area contributed by atoms with Gasteiger partial charge in [0.1, 0.15) is 28.6 Å². The monoisotopic (exact) mass is 375 g/mol. The minimum Gasteiger partial charge on any atom is -0.497 e. The molecule has 144 valence electrons. The fraction of sp³-hybridized carbons (Fsp3) is 0.444. The smallest absolute Gasteiger partial charge is 0.497 e. The highest BCUT2D eigenvalue weighted by Crippen LogP contribution is 2.39. The highest BCUT2D eigenvalue weighted by atomic mass is 19.1. The Balaban J connectivity index is 1.83. The molecule has 9 heteroatoms. The van der Waals surface area contributed by atoms with Crippen molar-refractivity contribution in [3.05, 3.63) is 35.8 Å². The minimum absolute atomic E-state index is 0.333. The molecule has 1 aromatic carbocycles. The van der Waals surface area contributed by atoms with E-state index in [2.05, 4.69) is 10.3 Å². The van der Waals surface area contributed by atoms with Crippen molar-refractivity contribution in [3.63, 3.8) is 0 Å². The minimum atomic E-state index is -1.07. The highest BCUT2D eigenvalue weighted by molar-refractivity contribution is 6.54. The average Bonchev–Trinajstić information content (AvgIpc) is 3.16. The van der Waals surface area contributed by atoms with Crippen LogP contribution in [0.25, 0.3) is 11.8 Å². The van der Waals surface area contributed by atoms with Crippen molar-refractivity contribution < 1.29 is 23.2 Å². The molecule has 1 aliphatic heterocycles. The van der Waals surface area contributed by atoms with Crippen LogP contribution < -0.4 is 9.47 Å². The van der Waals surface area contributed by atoms with Gasteiger partial charge in [-0.15, -0.1) is 5.10 Å². The van der Waals surface area contributed by atoms with Crippen molar-refractivity contribution >= 4 is 13.2 Å². The lowest BCUT2D eigenvalue weighted by atomic mass is 9.87. The first-order chi connectivity index (χ1) is 12.7. The van der Waals surface area contributed by atoms with Gasteiger partial charge in [-0.3, -0.25) is 0 Å². The van der Waals surface area contributed by atoms with Crippen LogP contribution in [0.15, 0.2) is 30.1 Å². The van der Waals surface area contributed by atoms with Gasteiger partial charge in [0.2, 0.25) is 0 Å². The molecule has 0 aliphatic carbocycles. The zero-order valence-corrected chi connectivity index (χ0v) is 16.3. The third kappa shape index (κ3) is 3.70. The fourth-order valence-electron chi connectivity index (χ4n) is 2.60. The second-order valence-electron chi connectivity index (χ2n) is 7.24. The van der Waals surface area contributed by atoms with E-state index in [4.69, 9.17) is 18.8 Å². The van der Waals surface area contributed by atoms with Gasteiger partial charge < -0.3 is 18.8 Å². The number of nitrogens with zero attached hydrogens (tertiary/aromatic N) is 3. The third-order valence-corrected chi connectivity index (χ3v) is 4.91. The van der Waals surface area contributed by atoms with Crippen molar-refractivity contribution in [1.82, 2.24) is 15.0 Å². The molecule has 2 aromatic rings. The predicted octanol–water partition coefficient (Wildman–Crippen LogP) is 3.23. The number of methoxy groups -OCH3 is 2. The quantitative estimate of drug-likeness (QED) is 0.748. The van der Waals surface area contributed by atoms with E-state index in [9.17, 15) is 4.39 Å². The molecule has 27 heavy (non-hydrogen) atoms. The molecule has 2 heterocycles. The summed E-state index contributed by atoms with van der Waals surface area (Å²) in [6.45, 7) is 7.47. The number of halogens is 1. The summed E-state index contributed by atoms with van der Waals surface area (Å²) in [5, 5.41) is 8.03. The number of hydrogen-bond donors (Lipinski definition) is 0. The molecule has 7 nitrogen and oxygen atoms in total. The molecule has 0 radical (unpaired) electrons. The summed E-state index contributed by atoms with van der Waals surface area (Å²) >= 11 is 0. The Labute approximate surface area is 158 Å². The van der Waals surface area contributed by atoms with E-state index in [1.807, 2.05) is 27.7 Å². The van der Waals surface area contributed by atoms with E-state index < -0.39 is 24.0 Å². The lowest BCUT2D eigenvalue weighted by Gasteiger charge is -2.32. The van der Waals surface area contributed by atoms with Crippen LogP contribution >= 0.6 is 0 Å². The highest BCUT2D eigenvalue weighted by Gasteiger charge is 2.53. The van der Waals surface area contributed by atoms with Crippen LogP contribution in [-0.4, -0.2) is 47.5 Å². The van der Waals surface area contributed by atoms with Gasteiger partial charge in [-0.25, -0.2) is 9.07 Å². The van der Waals surface area contributed by atoms with E-state index >= 15 is 0 Å². The van der Waals surface area contributed by atoms with E-state index in [0.717, 1.165) is 0 Å². The Morgan fingerprint density at radius 1 is 1.15 bits per heavy atom. The van der Waals surface area contributed by atoms with E-state index in [0.29, 0.717) is 22.9 Å². The van der Waals surface area contributed by atoms with Gasteiger partial charge in [0.05, 0.1) is 31.6 Å². The van der Waals surface area contributed by atoms with Crippen LogP contribution in [0.4, 0.5) is 4.39 Å². The number of ether oxygens (including phenoxy) is 2. The molecule has 0 N–H and O–H groups in total. The fourth-order valence-corrected chi connectivity index (χ4v) is 2.60. The molecule has 1 aliphatic rings. The van der Waals surface area contributed by atoms with Gasteiger partial charge in [-0.05, 0) is 45.9 Å². The Hall–Kier alpha value is -2.39. The summed E-state index contributed by atoms with van der Waals surface area (Å²) in [6, 6.07) is 5.29. The zero-order chi connectivity index (χ0) is 19.8. The van der Waals surface area contributed by atoms with Crippen LogP contribution in [-0.2, 0) is 9.31 Å². The van der Waals surface area contributed by atoms with Crippen molar-refractivity contribution in [2.75, 3.05) is 14.2 Å². The Morgan fingerprint density at radius 2 is 1.81 bits per heavy atom. The lowest BCUT2D eigenvalue weighted by Crippen LogP contribution is -2.41. The normalized spacial score (nSPS) is 18.6. The van der Waals surface area contributed by atoms with Gasteiger partial charge in [0.15, 0.2) is 0 Å². The van der Waals surface area contributed by atoms with Crippen molar-refractivity contribution in [2.24, 2.45) is 0 Å². The van der Waals surface area contributed by atoms with Crippen molar-refractivity contribution in [2.45, 2.75) is 38.9 Å². The summed E-state index contributed by atoms with van der Waals surface area (Å²) in [5.41, 5.74) is -0.808. The predicted molar refractivity (Wildman–Crippen MR) is 99.6 cm³/mol. The maximum atomic E-state index is 14.6. The molecular formula is C18H23BFN3O4. The molecule has 1 aromatic heterocycles. The zero-order valence-electron chi connectivity index (χ0n) is 16.3. The van der Waals surface area contributed by atoms with E-state index in [-0.39, 0.29) is 0 Å². The Kier molecular flexibility index (Phi) is 5.01. The molecule has 0 atom stereocenters. The third-order valence-electron chi connectivity index (χ3n) is 4.91. The number of hydrogen-bond acceptors (Lipinski definition) is 6. The molecule has 0 saturated carbocycles. The molecule has 1 fully saturated rings. The molecule has 0 amide bonds. The van der Waals surface area contributed by atoms with Crippen LogP contribution in [0.2, 0.25) is 0 Å². The topological polar surface area (TPSA) is 67.6 Å². The second kappa shape index (κ2) is 6.97. The average molecular weight is 375 g/mol. The molecule has 0 unspecified atom stereocenters. The molecule has 0 spiro atoms. The van der Waals surface area contributed by atoms with E-state index in [1.54, 1.807) is 38.6 Å². The Bertz CT molecular complexity index is 850. The van der Waals surface area contributed by atoms with Crippen molar-refractivity contribution in [3.8, 4) is 17.2 Å². The van der Waals surface area contributed by atoms with E-state index in [1.165, 1.54) is 10.8 Å². The number of benzene rings is 1. The summed E-state index contributed by atoms with van der Waals surface area (Å²) < 4.78 is 38.1. The summed E-state index contributed by atoms with van der Waals surface area (Å²) in [4.78, 5) is 0. The summed E-state index contributed by atoms with van der Waals surface area (Å²) in [7, 11) is 2.05. The van der Waals surface area contributed by atoms with Gasteiger partial charge in [0, 0.05) is 6.07 Å². The molecule has 0 bridgehead atoms. The first-order valence-corrected chi connectivity index (χ1v) is 8.54. The molecule has 1 saturated heterocycles. The summed E-state index contributed by atoms with van der Waals surface area (Å²) in [5.74, 6) is 1.21. The first-order valence-electron chi connectivity index (χ1n) is 8.54. The molecule has 3 rings (SSSR count). The largest absolute Gasteiger partial charge is 0.525 e. The maximum Gasteiger partial charge on any atom is 0.525 e. The van der Waals surface area contributed by atoms with Crippen LogP contribution in [0, 0.1) is 0 Å². The second-order valence-corrected chi connectivity index (χ2v) is 7.24. The van der Waals surface area contributed by atoms with Gasteiger partial charge >= 0.3 is 7.12 Å². The summed E-state index contributed by atoms with van der Waals surface area (Å²) in [6.07, 6.45) is 2.84. The first kappa shape index (κ1) is 19.4. The van der Waals surface area contributed by atoms with Gasteiger partial charge in [-0.2, -0.15) is 0 Å². The van der Waals surface area contributed by atoms with Crippen LogP contribution in [0.1, 0.15) is 33.4 Å². The SMILES string of the molecule is COc1ccc(-n2cc(C=C(F)B3OC(C)(C)C(C)(C)O3)nn2)c(OC)c1. The van der Waals surface area contributed by atoms with Crippen LogP contribution in [0.5, 0.6) is 11.5 Å². The lowest BCUT2D eigenvalue weighted by molar-refractivity contribution is 0.00578. The number of aromatic nitrogens is 3. The standard InChI is InChI=1S/C18H23BFN3O4/c1-17(2)18(3,4)27-19(26-17)16(20)9-12-11-23(22-21-12)14-8-7-13(24-5)10-15(14)25-6/h7-11H,1-6H3.